The first kappa shape index (κ1) is 23.2. The predicted octanol–water partition coefficient (Wildman–Crippen LogP) is 5.92. The third-order valence-corrected chi connectivity index (χ3v) is 6.52. The van der Waals surface area contributed by atoms with Crippen LogP contribution in [0.5, 0.6) is 5.75 Å². The molecule has 3 N–H and O–H groups in total. The van der Waals surface area contributed by atoms with Crippen molar-refractivity contribution in [3.63, 3.8) is 0 Å². The van der Waals surface area contributed by atoms with Crippen molar-refractivity contribution in [1.82, 2.24) is 4.90 Å². The van der Waals surface area contributed by atoms with Crippen LogP contribution in [0, 0.1) is 0 Å². The van der Waals surface area contributed by atoms with E-state index in [9.17, 15) is 9.90 Å². The molecule has 2 atom stereocenters. The van der Waals surface area contributed by atoms with Gasteiger partial charge in [-0.05, 0) is 54.1 Å². The SMILES string of the molecule is [2H]C([2H])([2H])[C@H](CCc1ccccc1)N(Cc1ccccc1)C[C@@H](O)c1ccc(OCc2ccccc2)c(C(N)=O)c1. The van der Waals surface area contributed by atoms with Gasteiger partial charge in [-0.15, -0.1) is 0 Å². The molecule has 5 nitrogen and oxygen atoms in total. The number of aliphatic hydroxyl groups excluding tert-OH is 1. The van der Waals surface area contributed by atoms with Gasteiger partial charge in [0.1, 0.15) is 12.4 Å². The summed E-state index contributed by atoms with van der Waals surface area (Å²) in [5.41, 5.74) is 9.22. The van der Waals surface area contributed by atoms with Crippen molar-refractivity contribution >= 4 is 5.91 Å². The highest BCUT2D eigenvalue weighted by atomic mass is 16.5. The number of amides is 1. The molecule has 0 unspecified atom stereocenters. The maximum atomic E-state index is 12.3. The van der Waals surface area contributed by atoms with E-state index in [0.717, 1.165) is 16.7 Å². The number of nitrogens with two attached hydrogens (primary N) is 1. The van der Waals surface area contributed by atoms with Crippen LogP contribution >= 0.6 is 0 Å². The quantitative estimate of drug-likeness (QED) is 0.234. The summed E-state index contributed by atoms with van der Waals surface area (Å²) >= 11 is 0. The van der Waals surface area contributed by atoms with Crippen molar-refractivity contribution in [3.05, 3.63) is 137 Å². The summed E-state index contributed by atoms with van der Waals surface area (Å²) < 4.78 is 31.0. The van der Waals surface area contributed by atoms with Crippen LogP contribution in [0.15, 0.2) is 109 Å². The van der Waals surface area contributed by atoms with Crippen LogP contribution in [-0.2, 0) is 19.6 Å². The molecule has 5 heteroatoms. The Morgan fingerprint density at radius 2 is 1.50 bits per heavy atom. The third-order valence-electron chi connectivity index (χ3n) is 6.52. The molecule has 0 aliphatic heterocycles. The first-order valence-corrected chi connectivity index (χ1v) is 12.8. The Morgan fingerprint density at radius 3 is 2.11 bits per heavy atom. The van der Waals surface area contributed by atoms with Gasteiger partial charge in [0.15, 0.2) is 0 Å². The Labute approximate surface area is 229 Å². The van der Waals surface area contributed by atoms with Crippen molar-refractivity contribution < 1.29 is 18.8 Å². The largest absolute Gasteiger partial charge is 0.488 e. The van der Waals surface area contributed by atoms with Gasteiger partial charge in [-0.2, -0.15) is 0 Å². The summed E-state index contributed by atoms with van der Waals surface area (Å²) in [5, 5.41) is 11.4. The molecular weight excluding hydrogens is 472 g/mol. The Hall–Kier alpha value is -3.93. The van der Waals surface area contributed by atoms with E-state index >= 15 is 0 Å². The smallest absolute Gasteiger partial charge is 0.252 e. The molecule has 0 heterocycles. The average molecular weight is 512 g/mol. The summed E-state index contributed by atoms with van der Waals surface area (Å²) in [6, 6.07) is 33.0. The van der Waals surface area contributed by atoms with Crippen LogP contribution < -0.4 is 10.5 Å². The highest BCUT2D eigenvalue weighted by Gasteiger charge is 2.21. The Kier molecular flexibility index (Phi) is 8.29. The van der Waals surface area contributed by atoms with Crippen LogP contribution in [0.25, 0.3) is 0 Å². The molecule has 1 amide bonds. The highest BCUT2D eigenvalue weighted by molar-refractivity contribution is 5.95. The molecule has 4 rings (SSSR count). The van der Waals surface area contributed by atoms with Crippen molar-refractivity contribution in [3.8, 4) is 5.75 Å². The van der Waals surface area contributed by atoms with Gasteiger partial charge in [-0.25, -0.2) is 0 Å². The number of rotatable bonds is 13. The number of ether oxygens (including phenoxy) is 1. The fourth-order valence-corrected chi connectivity index (χ4v) is 4.39. The second kappa shape index (κ2) is 13.6. The predicted molar refractivity (Wildman–Crippen MR) is 152 cm³/mol. The molecule has 4 aromatic rings. The van der Waals surface area contributed by atoms with Crippen molar-refractivity contribution in [2.24, 2.45) is 5.73 Å². The standard InChI is InChI=1S/C33H36N2O3/c1-25(17-18-26-11-5-2-6-12-26)35(22-27-13-7-3-8-14-27)23-31(36)29-19-20-32(30(21-29)33(34)37)38-24-28-15-9-4-10-16-28/h2-16,19-21,25,31,36H,17-18,22-24H2,1H3,(H2,34,37)/t25-,31-/m1/s1/i1D3. The van der Waals surface area contributed by atoms with Gasteiger partial charge >= 0.3 is 0 Å². The normalized spacial score (nSPS) is 14.2. The van der Waals surface area contributed by atoms with Gasteiger partial charge in [-0.1, -0.05) is 97.1 Å². The molecule has 196 valence electrons. The third kappa shape index (κ3) is 7.78. The van der Waals surface area contributed by atoms with E-state index < -0.39 is 24.9 Å². The summed E-state index contributed by atoms with van der Waals surface area (Å²) in [7, 11) is 0. The van der Waals surface area contributed by atoms with Gasteiger partial charge in [0.05, 0.1) is 11.7 Å². The van der Waals surface area contributed by atoms with Crippen LogP contribution in [0.2, 0.25) is 0 Å². The van der Waals surface area contributed by atoms with Crippen LogP contribution in [-0.4, -0.2) is 28.5 Å². The summed E-state index contributed by atoms with van der Waals surface area (Å²) in [6.07, 6.45) is -0.0924. The van der Waals surface area contributed by atoms with Crippen molar-refractivity contribution in [2.45, 2.75) is 45.0 Å². The molecule has 0 bridgehead atoms. The van der Waals surface area contributed by atoms with E-state index in [1.165, 1.54) is 6.07 Å². The molecule has 38 heavy (non-hydrogen) atoms. The number of hydrogen-bond donors (Lipinski definition) is 2. The minimum absolute atomic E-state index is 0.0508. The molecule has 0 aliphatic rings. The zero-order valence-corrected chi connectivity index (χ0v) is 21.4. The molecule has 0 spiro atoms. The van der Waals surface area contributed by atoms with Gasteiger partial charge in [0.25, 0.3) is 5.91 Å². The number of primary amides is 1. The van der Waals surface area contributed by atoms with E-state index in [0.29, 0.717) is 30.7 Å². The molecule has 0 fully saturated rings. The van der Waals surface area contributed by atoms with Gasteiger partial charge in [-0.3, -0.25) is 9.69 Å². The van der Waals surface area contributed by atoms with E-state index in [-0.39, 0.29) is 18.7 Å². The summed E-state index contributed by atoms with van der Waals surface area (Å²) in [4.78, 5) is 14.1. The van der Waals surface area contributed by atoms with Gasteiger partial charge in [0.2, 0.25) is 0 Å². The number of aliphatic hydroxyl groups is 1. The second-order valence-electron chi connectivity index (χ2n) is 9.37. The number of carbonyl (C=O) groups is 1. The van der Waals surface area contributed by atoms with Crippen LogP contribution in [0.1, 0.15) is 56.1 Å². The maximum Gasteiger partial charge on any atom is 0.252 e. The second-order valence-corrected chi connectivity index (χ2v) is 9.37. The first-order valence-electron chi connectivity index (χ1n) is 14.3. The minimum atomic E-state index is -2.28. The average Bonchev–Trinajstić information content (AvgIpc) is 2.97. The number of aryl methyl sites for hydroxylation is 1. The lowest BCUT2D eigenvalue weighted by atomic mass is 10.0. The zero-order valence-electron chi connectivity index (χ0n) is 24.4. The Morgan fingerprint density at radius 1 is 0.895 bits per heavy atom. The zero-order chi connectivity index (χ0) is 29.2. The molecule has 4 aromatic carbocycles. The lowest BCUT2D eigenvalue weighted by Crippen LogP contribution is -2.36. The summed E-state index contributed by atoms with van der Waals surface area (Å²) in [5.74, 6) is -0.354. The van der Waals surface area contributed by atoms with E-state index in [4.69, 9.17) is 14.6 Å². The lowest BCUT2D eigenvalue weighted by molar-refractivity contribution is 0.0832. The van der Waals surface area contributed by atoms with Crippen LogP contribution in [0.3, 0.4) is 0 Å². The highest BCUT2D eigenvalue weighted by Crippen LogP contribution is 2.26. The van der Waals surface area contributed by atoms with Gasteiger partial charge < -0.3 is 15.6 Å². The fourth-order valence-electron chi connectivity index (χ4n) is 4.39. The fraction of sp³-hybridized carbons (Fsp3) is 0.242. The number of benzene rings is 4. The monoisotopic (exact) mass is 511 g/mol. The van der Waals surface area contributed by atoms with E-state index in [1.807, 2.05) is 95.9 Å². The number of hydrogen-bond acceptors (Lipinski definition) is 4. The van der Waals surface area contributed by atoms with E-state index in [1.54, 1.807) is 12.1 Å². The molecular formula is C33H36N2O3. The maximum absolute atomic E-state index is 12.3. The van der Waals surface area contributed by atoms with Crippen molar-refractivity contribution in [1.29, 1.82) is 0 Å². The molecule has 0 aromatic heterocycles. The van der Waals surface area contributed by atoms with Crippen molar-refractivity contribution in [2.75, 3.05) is 6.54 Å². The topological polar surface area (TPSA) is 75.8 Å². The Bertz CT molecular complexity index is 1380. The molecule has 0 saturated heterocycles. The lowest BCUT2D eigenvalue weighted by Gasteiger charge is -2.31. The van der Waals surface area contributed by atoms with Gasteiger partial charge in [0, 0.05) is 23.2 Å². The number of nitrogens with zero attached hydrogens (tertiary/aromatic N) is 1. The first-order chi connectivity index (χ1) is 19.7. The molecule has 0 aliphatic carbocycles. The number of carbonyl (C=O) groups excluding carboxylic acids is 1. The molecule has 0 saturated carbocycles. The van der Waals surface area contributed by atoms with E-state index in [2.05, 4.69) is 0 Å². The summed E-state index contributed by atoms with van der Waals surface area (Å²) in [6.45, 7) is -1.63. The Balaban J connectivity index is 1.57. The minimum Gasteiger partial charge on any atom is -0.488 e. The van der Waals surface area contributed by atoms with Crippen LogP contribution in [0.4, 0.5) is 0 Å². The molecule has 0 radical (unpaired) electrons.